The maximum Gasteiger partial charge on any atom is 0.319 e. The highest BCUT2D eigenvalue weighted by Crippen LogP contribution is 2.35. The molecule has 0 atom stereocenters. The maximum absolute atomic E-state index is 12.2. The average molecular weight is 348 g/mol. The van der Waals surface area contributed by atoms with E-state index in [2.05, 4.69) is 34.1 Å². The largest absolute Gasteiger partial charge is 0.486 e. The molecule has 1 aromatic heterocycles. The molecule has 1 aliphatic heterocycles. The number of amides is 2. The molecule has 0 aliphatic carbocycles. The minimum atomic E-state index is -0.280. The Kier molecular flexibility index (Phi) is 4.84. The van der Waals surface area contributed by atoms with E-state index < -0.39 is 0 Å². The van der Waals surface area contributed by atoms with Crippen LogP contribution in [0.1, 0.15) is 35.9 Å². The first-order valence-corrected chi connectivity index (χ1v) is 8.58. The highest BCUT2D eigenvalue weighted by atomic mass is 32.1. The number of nitrogens with one attached hydrogen (secondary N) is 2. The van der Waals surface area contributed by atoms with Crippen LogP contribution in [-0.2, 0) is 6.54 Å². The Labute approximate surface area is 144 Å². The summed E-state index contributed by atoms with van der Waals surface area (Å²) >= 11 is 1.31. The van der Waals surface area contributed by atoms with Crippen molar-refractivity contribution in [1.82, 2.24) is 14.9 Å². The summed E-state index contributed by atoms with van der Waals surface area (Å²) in [6.45, 7) is 7.48. The van der Waals surface area contributed by atoms with Crippen LogP contribution < -0.4 is 20.1 Å². The van der Waals surface area contributed by atoms with Gasteiger partial charge in [0.2, 0.25) is 0 Å². The lowest BCUT2D eigenvalue weighted by atomic mass is 10.1. The summed E-state index contributed by atoms with van der Waals surface area (Å²) in [5.41, 5.74) is 2.54. The summed E-state index contributed by atoms with van der Waals surface area (Å²) < 4.78 is 15.0. The molecule has 2 heterocycles. The van der Waals surface area contributed by atoms with Gasteiger partial charge in [-0.1, -0.05) is 18.3 Å². The van der Waals surface area contributed by atoms with Crippen LogP contribution in [0.5, 0.6) is 11.5 Å². The molecule has 2 amide bonds. The molecule has 0 radical (unpaired) electrons. The zero-order valence-corrected chi connectivity index (χ0v) is 14.7. The standard InChI is InChI=1S/C16H20N4O3S/c1-9(2)15-14(24-20-19-15)8-17-16(21)18-11-7-13-12(6-10(11)3)22-4-5-23-13/h6-7,9H,4-5,8H2,1-3H3,(H2,17,18,21). The third kappa shape index (κ3) is 3.59. The van der Waals surface area contributed by atoms with Crippen LogP contribution in [-0.4, -0.2) is 28.8 Å². The van der Waals surface area contributed by atoms with Gasteiger partial charge >= 0.3 is 6.03 Å². The van der Waals surface area contributed by atoms with Gasteiger partial charge in [0.15, 0.2) is 11.5 Å². The van der Waals surface area contributed by atoms with Gasteiger partial charge in [-0.15, -0.1) is 5.10 Å². The number of carbonyl (C=O) groups excluding carboxylic acids is 1. The number of anilines is 1. The number of nitrogens with zero attached hydrogens (tertiary/aromatic N) is 2. The van der Waals surface area contributed by atoms with Crippen molar-refractivity contribution in [2.45, 2.75) is 33.2 Å². The number of fused-ring (bicyclic) bond motifs is 1. The summed E-state index contributed by atoms with van der Waals surface area (Å²) in [6.07, 6.45) is 0. The molecule has 8 heteroatoms. The van der Waals surface area contributed by atoms with Crippen molar-refractivity contribution >= 4 is 23.3 Å². The summed E-state index contributed by atoms with van der Waals surface area (Å²) in [7, 11) is 0. The first-order valence-electron chi connectivity index (χ1n) is 7.81. The number of benzene rings is 1. The second kappa shape index (κ2) is 7.04. The van der Waals surface area contributed by atoms with Crippen LogP contribution >= 0.6 is 11.5 Å². The third-order valence-electron chi connectivity index (χ3n) is 3.68. The van der Waals surface area contributed by atoms with E-state index in [1.165, 1.54) is 11.5 Å². The number of hydrogen-bond acceptors (Lipinski definition) is 6. The molecule has 1 aromatic carbocycles. The molecule has 0 saturated heterocycles. The van der Waals surface area contributed by atoms with Crippen molar-refractivity contribution in [3.05, 3.63) is 28.3 Å². The third-order valence-corrected chi connectivity index (χ3v) is 4.42. The Morgan fingerprint density at radius 3 is 2.71 bits per heavy atom. The van der Waals surface area contributed by atoms with E-state index in [-0.39, 0.29) is 11.9 Å². The van der Waals surface area contributed by atoms with E-state index in [1.807, 2.05) is 13.0 Å². The number of hydrogen-bond donors (Lipinski definition) is 2. The first-order chi connectivity index (χ1) is 11.5. The van der Waals surface area contributed by atoms with E-state index in [0.717, 1.165) is 16.1 Å². The molecule has 0 spiro atoms. The lowest BCUT2D eigenvalue weighted by molar-refractivity contribution is 0.171. The highest BCUT2D eigenvalue weighted by Gasteiger charge is 2.16. The van der Waals surface area contributed by atoms with Gasteiger partial charge < -0.3 is 20.1 Å². The zero-order chi connectivity index (χ0) is 17.1. The van der Waals surface area contributed by atoms with E-state index in [1.54, 1.807) is 6.07 Å². The lowest BCUT2D eigenvalue weighted by Crippen LogP contribution is -2.28. The summed E-state index contributed by atoms with van der Waals surface area (Å²) in [5, 5.41) is 9.80. The summed E-state index contributed by atoms with van der Waals surface area (Å²) in [4.78, 5) is 13.1. The van der Waals surface area contributed by atoms with Gasteiger partial charge in [-0.05, 0) is 36.0 Å². The van der Waals surface area contributed by atoms with Crippen molar-refractivity contribution < 1.29 is 14.3 Å². The number of carbonyl (C=O) groups is 1. The normalized spacial score (nSPS) is 13.0. The Balaban J connectivity index is 1.64. The Hall–Kier alpha value is -2.35. The molecule has 24 heavy (non-hydrogen) atoms. The van der Waals surface area contributed by atoms with Gasteiger partial charge in [-0.2, -0.15) is 0 Å². The second-order valence-electron chi connectivity index (χ2n) is 5.85. The second-order valence-corrected chi connectivity index (χ2v) is 6.69. The Bertz CT molecular complexity index is 745. The number of urea groups is 1. The Morgan fingerprint density at radius 2 is 2.00 bits per heavy atom. The minimum Gasteiger partial charge on any atom is -0.486 e. The quantitative estimate of drug-likeness (QED) is 0.887. The van der Waals surface area contributed by atoms with Crippen molar-refractivity contribution in [3.63, 3.8) is 0 Å². The lowest BCUT2D eigenvalue weighted by Gasteiger charge is -2.20. The fourth-order valence-corrected chi connectivity index (χ4v) is 3.16. The molecule has 7 nitrogen and oxygen atoms in total. The van der Waals surface area contributed by atoms with Crippen molar-refractivity contribution in [2.24, 2.45) is 0 Å². The summed E-state index contributed by atoms with van der Waals surface area (Å²) in [6, 6.07) is 3.38. The van der Waals surface area contributed by atoms with E-state index in [4.69, 9.17) is 9.47 Å². The maximum atomic E-state index is 12.2. The Morgan fingerprint density at radius 1 is 1.29 bits per heavy atom. The zero-order valence-electron chi connectivity index (χ0n) is 13.9. The van der Waals surface area contributed by atoms with E-state index in [0.29, 0.717) is 36.9 Å². The monoisotopic (exact) mass is 348 g/mol. The number of ether oxygens (including phenoxy) is 2. The fourth-order valence-electron chi connectivity index (χ4n) is 2.43. The predicted octanol–water partition coefficient (Wildman–Crippen LogP) is 3.06. The molecule has 0 unspecified atom stereocenters. The van der Waals surface area contributed by atoms with Crippen LogP contribution in [0.25, 0.3) is 0 Å². The highest BCUT2D eigenvalue weighted by molar-refractivity contribution is 7.05. The van der Waals surface area contributed by atoms with Gasteiger partial charge in [0.1, 0.15) is 13.2 Å². The molecule has 2 N–H and O–H groups in total. The number of rotatable bonds is 4. The van der Waals surface area contributed by atoms with Gasteiger partial charge in [-0.25, -0.2) is 4.79 Å². The van der Waals surface area contributed by atoms with Crippen LogP contribution in [0.4, 0.5) is 10.5 Å². The van der Waals surface area contributed by atoms with Crippen LogP contribution in [0, 0.1) is 6.92 Å². The van der Waals surface area contributed by atoms with Crippen LogP contribution in [0.2, 0.25) is 0 Å². The number of aryl methyl sites for hydroxylation is 1. The molecule has 0 fully saturated rings. The van der Waals surface area contributed by atoms with E-state index in [9.17, 15) is 4.79 Å². The van der Waals surface area contributed by atoms with E-state index >= 15 is 0 Å². The van der Waals surface area contributed by atoms with Gasteiger partial charge in [0.05, 0.1) is 17.1 Å². The topological polar surface area (TPSA) is 85.4 Å². The molecule has 0 bridgehead atoms. The smallest absolute Gasteiger partial charge is 0.319 e. The van der Waals surface area contributed by atoms with Crippen LogP contribution in [0.15, 0.2) is 12.1 Å². The van der Waals surface area contributed by atoms with Crippen molar-refractivity contribution in [3.8, 4) is 11.5 Å². The molecule has 2 aromatic rings. The van der Waals surface area contributed by atoms with Gasteiger partial charge in [0.25, 0.3) is 0 Å². The average Bonchev–Trinajstić information content (AvgIpc) is 3.02. The minimum absolute atomic E-state index is 0.280. The molecular weight excluding hydrogens is 328 g/mol. The first kappa shape index (κ1) is 16.5. The van der Waals surface area contributed by atoms with Gasteiger partial charge in [-0.3, -0.25) is 0 Å². The molecule has 0 saturated carbocycles. The van der Waals surface area contributed by atoms with Crippen molar-refractivity contribution in [2.75, 3.05) is 18.5 Å². The summed E-state index contributed by atoms with van der Waals surface area (Å²) in [5.74, 6) is 1.64. The predicted molar refractivity (Wildman–Crippen MR) is 92.0 cm³/mol. The van der Waals surface area contributed by atoms with Crippen LogP contribution in [0.3, 0.4) is 0 Å². The van der Waals surface area contributed by atoms with Crippen molar-refractivity contribution in [1.29, 1.82) is 0 Å². The molecular formula is C16H20N4O3S. The van der Waals surface area contributed by atoms with Gasteiger partial charge in [0, 0.05) is 11.8 Å². The molecule has 128 valence electrons. The number of aromatic nitrogens is 2. The molecule has 3 rings (SSSR count). The molecule has 1 aliphatic rings. The SMILES string of the molecule is Cc1cc2c(cc1NC(=O)NCc1snnc1C(C)C)OCCO2. The fraction of sp³-hybridized carbons (Fsp3) is 0.438.